The van der Waals surface area contributed by atoms with Gasteiger partial charge in [0, 0.05) is 33.4 Å². The van der Waals surface area contributed by atoms with Crippen LogP contribution >= 0.6 is 0 Å². The molecule has 24 heavy (non-hydrogen) atoms. The van der Waals surface area contributed by atoms with Gasteiger partial charge >= 0.3 is 6.03 Å². The topological polar surface area (TPSA) is 63.7 Å². The predicted molar refractivity (Wildman–Crippen MR) is 93.2 cm³/mol. The van der Waals surface area contributed by atoms with E-state index in [0.29, 0.717) is 31.2 Å². The summed E-state index contributed by atoms with van der Waals surface area (Å²) in [5.41, 5.74) is 1.48. The Kier molecular flexibility index (Phi) is 7.04. The van der Waals surface area contributed by atoms with Crippen LogP contribution in [0.25, 0.3) is 0 Å². The highest BCUT2D eigenvalue weighted by molar-refractivity contribution is 5.90. The normalized spacial score (nSPS) is 10.2. The van der Waals surface area contributed by atoms with Crippen LogP contribution in [0.2, 0.25) is 0 Å². The number of methoxy groups -OCH3 is 1. The van der Waals surface area contributed by atoms with E-state index in [2.05, 4.69) is 10.3 Å². The van der Waals surface area contributed by atoms with Crippen LogP contribution in [0.5, 0.6) is 5.75 Å². The van der Waals surface area contributed by atoms with Gasteiger partial charge in [-0.3, -0.25) is 4.98 Å². The summed E-state index contributed by atoms with van der Waals surface area (Å²) in [6.07, 6.45) is 2.50. The first kappa shape index (κ1) is 17.7. The zero-order valence-corrected chi connectivity index (χ0v) is 14.1. The molecule has 6 heteroatoms. The molecule has 2 rings (SSSR count). The number of para-hydroxylation sites is 2. The third-order valence-electron chi connectivity index (χ3n) is 3.35. The third kappa shape index (κ3) is 5.55. The summed E-state index contributed by atoms with van der Waals surface area (Å²) in [6, 6.07) is 12.8. The van der Waals surface area contributed by atoms with Crippen molar-refractivity contribution >= 4 is 11.7 Å². The van der Waals surface area contributed by atoms with Crippen molar-refractivity contribution < 1.29 is 14.3 Å². The molecule has 0 saturated heterocycles. The van der Waals surface area contributed by atoms with Gasteiger partial charge in [-0.05, 0) is 24.3 Å². The highest BCUT2D eigenvalue weighted by atomic mass is 16.5. The minimum Gasteiger partial charge on any atom is -0.491 e. The van der Waals surface area contributed by atoms with E-state index in [1.54, 1.807) is 25.3 Å². The molecule has 128 valence electrons. The summed E-state index contributed by atoms with van der Waals surface area (Å²) in [5, 5.41) is 2.87. The Bertz CT molecular complexity index is 634. The molecule has 1 aromatic carbocycles. The van der Waals surface area contributed by atoms with Gasteiger partial charge in [0.15, 0.2) is 0 Å². The Morgan fingerprint density at radius 1 is 1.17 bits per heavy atom. The van der Waals surface area contributed by atoms with Crippen LogP contribution in [0.1, 0.15) is 12.1 Å². The molecule has 0 atom stereocenters. The quantitative estimate of drug-likeness (QED) is 0.756. The van der Waals surface area contributed by atoms with Crippen LogP contribution in [0.3, 0.4) is 0 Å². The number of anilines is 1. The number of carbonyl (C=O) groups excluding carboxylic acids is 1. The van der Waals surface area contributed by atoms with Crippen LogP contribution in [0.4, 0.5) is 10.5 Å². The van der Waals surface area contributed by atoms with E-state index in [1.165, 1.54) is 0 Å². The summed E-state index contributed by atoms with van der Waals surface area (Å²) in [5.74, 6) is 0.646. The Hall–Kier alpha value is -2.60. The van der Waals surface area contributed by atoms with Crippen molar-refractivity contribution in [3.05, 3.63) is 54.4 Å². The molecule has 1 heterocycles. The summed E-state index contributed by atoms with van der Waals surface area (Å²) in [4.78, 5) is 18.2. The van der Waals surface area contributed by atoms with Crippen LogP contribution < -0.4 is 10.1 Å². The highest BCUT2D eigenvalue weighted by Crippen LogP contribution is 2.24. The van der Waals surface area contributed by atoms with Gasteiger partial charge in [-0.1, -0.05) is 18.2 Å². The molecular formula is C18H23N3O3. The fraction of sp³-hybridized carbons (Fsp3) is 0.333. The molecule has 0 bridgehead atoms. The number of benzene rings is 1. The second-order valence-corrected chi connectivity index (χ2v) is 5.30. The molecule has 0 aliphatic rings. The standard InChI is InChI=1S/C18H23N3O3/c1-21(14-15-8-5-6-11-19-15)18(22)20-16-9-3-4-10-17(16)24-13-7-12-23-2/h3-6,8-11H,7,12-14H2,1-2H3,(H,20,22). The van der Waals surface area contributed by atoms with Crippen molar-refractivity contribution in [2.75, 3.05) is 32.7 Å². The molecule has 0 unspecified atom stereocenters. The molecule has 2 amide bonds. The fourth-order valence-corrected chi connectivity index (χ4v) is 2.10. The number of pyridine rings is 1. The van der Waals surface area contributed by atoms with Gasteiger partial charge in [-0.15, -0.1) is 0 Å². The molecule has 0 aliphatic carbocycles. The number of ether oxygens (including phenoxy) is 2. The molecule has 6 nitrogen and oxygen atoms in total. The van der Waals surface area contributed by atoms with Crippen LogP contribution in [-0.2, 0) is 11.3 Å². The van der Waals surface area contributed by atoms with E-state index in [-0.39, 0.29) is 6.03 Å². The maximum atomic E-state index is 12.4. The lowest BCUT2D eigenvalue weighted by molar-refractivity contribution is 0.172. The number of urea groups is 1. The molecule has 0 radical (unpaired) electrons. The van der Waals surface area contributed by atoms with Crippen molar-refractivity contribution in [2.24, 2.45) is 0 Å². The minimum absolute atomic E-state index is 0.214. The van der Waals surface area contributed by atoms with E-state index in [1.807, 2.05) is 42.5 Å². The molecule has 0 spiro atoms. The van der Waals surface area contributed by atoms with Crippen molar-refractivity contribution in [1.29, 1.82) is 0 Å². The minimum atomic E-state index is -0.214. The Labute approximate surface area is 142 Å². The maximum absolute atomic E-state index is 12.4. The lowest BCUT2D eigenvalue weighted by Crippen LogP contribution is -2.31. The Morgan fingerprint density at radius 3 is 2.71 bits per heavy atom. The lowest BCUT2D eigenvalue weighted by atomic mass is 10.3. The summed E-state index contributed by atoms with van der Waals surface area (Å²) in [6.45, 7) is 1.61. The van der Waals surface area contributed by atoms with Gasteiger partial charge in [0.1, 0.15) is 5.75 Å². The Morgan fingerprint density at radius 2 is 1.96 bits per heavy atom. The monoisotopic (exact) mass is 329 g/mol. The average molecular weight is 329 g/mol. The first-order valence-corrected chi connectivity index (χ1v) is 7.83. The Balaban J connectivity index is 1.93. The number of hydrogen-bond acceptors (Lipinski definition) is 4. The first-order valence-electron chi connectivity index (χ1n) is 7.83. The SMILES string of the molecule is COCCCOc1ccccc1NC(=O)N(C)Cc1ccccn1. The molecular weight excluding hydrogens is 306 g/mol. The van der Waals surface area contributed by atoms with Gasteiger partial charge in [0.25, 0.3) is 0 Å². The number of nitrogens with zero attached hydrogens (tertiary/aromatic N) is 2. The van der Waals surface area contributed by atoms with E-state index < -0.39 is 0 Å². The number of nitrogens with one attached hydrogen (secondary N) is 1. The second kappa shape index (κ2) is 9.52. The van der Waals surface area contributed by atoms with Crippen molar-refractivity contribution in [3.8, 4) is 5.75 Å². The van der Waals surface area contributed by atoms with E-state index in [9.17, 15) is 4.79 Å². The molecule has 0 aliphatic heterocycles. The third-order valence-corrected chi connectivity index (χ3v) is 3.35. The zero-order valence-electron chi connectivity index (χ0n) is 14.1. The maximum Gasteiger partial charge on any atom is 0.322 e. The largest absolute Gasteiger partial charge is 0.491 e. The van der Waals surface area contributed by atoms with Gasteiger partial charge in [-0.2, -0.15) is 0 Å². The first-order chi connectivity index (χ1) is 11.7. The predicted octanol–water partition coefficient (Wildman–Crippen LogP) is 3.16. The highest BCUT2D eigenvalue weighted by Gasteiger charge is 2.12. The van der Waals surface area contributed by atoms with Crippen molar-refractivity contribution in [2.45, 2.75) is 13.0 Å². The van der Waals surface area contributed by atoms with Crippen molar-refractivity contribution in [3.63, 3.8) is 0 Å². The van der Waals surface area contributed by atoms with Gasteiger partial charge in [0.05, 0.1) is 24.5 Å². The van der Waals surface area contributed by atoms with Crippen LogP contribution in [0.15, 0.2) is 48.7 Å². The summed E-state index contributed by atoms with van der Waals surface area (Å²) in [7, 11) is 3.39. The number of aromatic nitrogens is 1. The number of rotatable bonds is 8. The van der Waals surface area contributed by atoms with Crippen LogP contribution in [0, 0.1) is 0 Å². The van der Waals surface area contributed by atoms with Gasteiger partial charge < -0.3 is 19.7 Å². The van der Waals surface area contributed by atoms with E-state index in [0.717, 1.165) is 12.1 Å². The molecule has 1 N–H and O–H groups in total. The van der Waals surface area contributed by atoms with Crippen molar-refractivity contribution in [1.82, 2.24) is 9.88 Å². The average Bonchev–Trinajstić information content (AvgIpc) is 2.61. The number of carbonyl (C=O) groups is 1. The van der Waals surface area contributed by atoms with E-state index >= 15 is 0 Å². The zero-order chi connectivity index (χ0) is 17.2. The molecule has 0 fully saturated rings. The lowest BCUT2D eigenvalue weighted by Gasteiger charge is -2.19. The fourth-order valence-electron chi connectivity index (χ4n) is 2.10. The van der Waals surface area contributed by atoms with Crippen LogP contribution in [-0.4, -0.2) is 43.3 Å². The summed E-state index contributed by atoms with van der Waals surface area (Å²) >= 11 is 0. The number of amides is 2. The smallest absolute Gasteiger partial charge is 0.322 e. The molecule has 0 saturated carbocycles. The van der Waals surface area contributed by atoms with Gasteiger partial charge in [-0.25, -0.2) is 4.79 Å². The molecule has 1 aromatic heterocycles. The second-order valence-electron chi connectivity index (χ2n) is 5.30. The van der Waals surface area contributed by atoms with Gasteiger partial charge in [0.2, 0.25) is 0 Å². The molecule has 2 aromatic rings. The number of hydrogen-bond donors (Lipinski definition) is 1. The van der Waals surface area contributed by atoms with E-state index in [4.69, 9.17) is 9.47 Å². The summed E-state index contributed by atoms with van der Waals surface area (Å²) < 4.78 is 10.7.